The van der Waals surface area contributed by atoms with E-state index in [0.29, 0.717) is 12.1 Å². The van der Waals surface area contributed by atoms with Gasteiger partial charge in [0.2, 0.25) is 0 Å². The summed E-state index contributed by atoms with van der Waals surface area (Å²) in [5.41, 5.74) is 0.271. The minimum atomic E-state index is -0.464. The van der Waals surface area contributed by atoms with Crippen LogP contribution in [0.3, 0.4) is 0 Å². The third kappa shape index (κ3) is 3.66. The molecule has 0 aromatic carbocycles. The maximum atomic E-state index is 10.9. The molecule has 6 heteroatoms. The third-order valence-electron chi connectivity index (χ3n) is 2.79. The SMILES string of the molecule is CC(C)(C)C(CCO)Nc1ccncc1[N+](=O)[O-]. The molecule has 18 heavy (non-hydrogen) atoms. The van der Waals surface area contributed by atoms with E-state index >= 15 is 0 Å². The van der Waals surface area contributed by atoms with Gasteiger partial charge >= 0.3 is 5.69 Å². The molecule has 0 fully saturated rings. The van der Waals surface area contributed by atoms with Crippen molar-refractivity contribution in [1.82, 2.24) is 4.98 Å². The molecule has 2 N–H and O–H groups in total. The van der Waals surface area contributed by atoms with Gasteiger partial charge in [0.05, 0.1) is 4.92 Å². The van der Waals surface area contributed by atoms with Crippen LogP contribution in [0.4, 0.5) is 11.4 Å². The summed E-state index contributed by atoms with van der Waals surface area (Å²) in [6.07, 6.45) is 3.26. The number of aliphatic hydroxyl groups is 1. The molecule has 1 unspecified atom stereocenters. The Labute approximate surface area is 106 Å². The predicted molar refractivity (Wildman–Crippen MR) is 69.5 cm³/mol. The van der Waals surface area contributed by atoms with Crippen molar-refractivity contribution < 1.29 is 10.0 Å². The summed E-state index contributed by atoms with van der Waals surface area (Å²) in [7, 11) is 0. The van der Waals surface area contributed by atoms with Gasteiger partial charge in [-0.05, 0) is 17.9 Å². The number of aliphatic hydroxyl groups excluding tert-OH is 1. The number of nitro groups is 1. The number of hydrogen-bond acceptors (Lipinski definition) is 5. The normalized spacial score (nSPS) is 13.1. The monoisotopic (exact) mass is 253 g/mol. The first-order chi connectivity index (χ1) is 8.36. The second kappa shape index (κ2) is 5.77. The van der Waals surface area contributed by atoms with Crippen LogP contribution in [0.5, 0.6) is 0 Å². The van der Waals surface area contributed by atoms with Crippen LogP contribution in [0.15, 0.2) is 18.5 Å². The van der Waals surface area contributed by atoms with Crippen LogP contribution in [0.2, 0.25) is 0 Å². The smallest absolute Gasteiger partial charge is 0.310 e. The molecule has 1 rings (SSSR count). The van der Waals surface area contributed by atoms with Crippen molar-refractivity contribution in [3.63, 3.8) is 0 Å². The van der Waals surface area contributed by atoms with E-state index in [1.165, 1.54) is 12.4 Å². The van der Waals surface area contributed by atoms with Gasteiger partial charge in [0.15, 0.2) is 0 Å². The molecule has 0 saturated heterocycles. The maximum absolute atomic E-state index is 10.9. The largest absolute Gasteiger partial charge is 0.396 e. The number of hydrogen-bond donors (Lipinski definition) is 2. The number of anilines is 1. The van der Waals surface area contributed by atoms with Crippen LogP contribution in [-0.4, -0.2) is 27.7 Å². The second-order valence-electron chi connectivity index (χ2n) is 5.23. The Morgan fingerprint density at radius 2 is 2.22 bits per heavy atom. The van der Waals surface area contributed by atoms with Crippen LogP contribution in [0, 0.1) is 15.5 Å². The second-order valence-corrected chi connectivity index (χ2v) is 5.23. The Morgan fingerprint density at radius 1 is 1.56 bits per heavy atom. The molecule has 1 heterocycles. The van der Waals surface area contributed by atoms with Crippen LogP contribution < -0.4 is 5.32 Å². The number of aromatic nitrogens is 1. The van der Waals surface area contributed by atoms with Gasteiger partial charge < -0.3 is 10.4 Å². The Kier molecular flexibility index (Phi) is 4.61. The Balaban J connectivity index is 2.97. The van der Waals surface area contributed by atoms with E-state index in [0.717, 1.165) is 0 Å². The molecule has 1 atom stereocenters. The summed E-state index contributed by atoms with van der Waals surface area (Å²) in [5, 5.41) is 23.1. The zero-order valence-electron chi connectivity index (χ0n) is 10.9. The predicted octanol–water partition coefficient (Wildman–Crippen LogP) is 2.20. The lowest BCUT2D eigenvalue weighted by Gasteiger charge is -2.31. The van der Waals surface area contributed by atoms with Crippen molar-refractivity contribution in [2.24, 2.45) is 5.41 Å². The quantitative estimate of drug-likeness (QED) is 0.620. The van der Waals surface area contributed by atoms with E-state index in [9.17, 15) is 10.1 Å². The van der Waals surface area contributed by atoms with Crippen molar-refractivity contribution in [2.75, 3.05) is 11.9 Å². The number of rotatable bonds is 5. The summed E-state index contributed by atoms with van der Waals surface area (Å²) in [6.45, 7) is 6.10. The summed E-state index contributed by atoms with van der Waals surface area (Å²) >= 11 is 0. The first-order valence-electron chi connectivity index (χ1n) is 5.82. The van der Waals surface area contributed by atoms with Gasteiger partial charge in [-0.15, -0.1) is 0 Å². The van der Waals surface area contributed by atoms with E-state index in [4.69, 9.17) is 5.11 Å². The maximum Gasteiger partial charge on any atom is 0.310 e. The van der Waals surface area contributed by atoms with Crippen LogP contribution in [-0.2, 0) is 0 Å². The van der Waals surface area contributed by atoms with Gasteiger partial charge in [-0.1, -0.05) is 20.8 Å². The third-order valence-corrected chi connectivity index (χ3v) is 2.79. The summed E-state index contributed by atoms with van der Waals surface area (Å²) in [5.74, 6) is 0. The molecular formula is C12H19N3O3. The first-order valence-corrected chi connectivity index (χ1v) is 5.82. The topological polar surface area (TPSA) is 88.3 Å². The molecule has 0 radical (unpaired) electrons. The lowest BCUT2D eigenvalue weighted by molar-refractivity contribution is -0.384. The molecule has 1 aromatic rings. The van der Waals surface area contributed by atoms with Crippen molar-refractivity contribution >= 4 is 11.4 Å². The average Bonchev–Trinajstić information content (AvgIpc) is 2.27. The van der Waals surface area contributed by atoms with Crippen molar-refractivity contribution in [1.29, 1.82) is 0 Å². The molecule has 0 aliphatic carbocycles. The van der Waals surface area contributed by atoms with E-state index in [1.54, 1.807) is 6.07 Å². The first kappa shape index (κ1) is 14.4. The Hall–Kier alpha value is -1.69. The highest BCUT2D eigenvalue weighted by molar-refractivity contribution is 5.60. The highest BCUT2D eigenvalue weighted by atomic mass is 16.6. The van der Waals surface area contributed by atoms with Crippen LogP contribution >= 0.6 is 0 Å². The van der Waals surface area contributed by atoms with Crippen LogP contribution in [0.25, 0.3) is 0 Å². The van der Waals surface area contributed by atoms with Crippen molar-refractivity contribution in [2.45, 2.75) is 33.2 Å². The average molecular weight is 253 g/mol. The Bertz CT molecular complexity index is 415. The molecule has 1 aromatic heterocycles. The molecule has 0 saturated carbocycles. The molecule has 0 bridgehead atoms. The van der Waals surface area contributed by atoms with Gasteiger partial charge in [-0.25, -0.2) is 0 Å². The van der Waals surface area contributed by atoms with Crippen molar-refractivity contribution in [3.05, 3.63) is 28.6 Å². The molecule has 6 nitrogen and oxygen atoms in total. The lowest BCUT2D eigenvalue weighted by Crippen LogP contribution is -2.35. The van der Waals surface area contributed by atoms with Gasteiger partial charge in [-0.2, -0.15) is 0 Å². The number of pyridine rings is 1. The summed E-state index contributed by atoms with van der Waals surface area (Å²) < 4.78 is 0. The van der Waals surface area contributed by atoms with Crippen molar-refractivity contribution in [3.8, 4) is 0 Å². The van der Waals surface area contributed by atoms with E-state index < -0.39 is 4.92 Å². The number of nitrogens with one attached hydrogen (secondary N) is 1. The fraction of sp³-hybridized carbons (Fsp3) is 0.583. The van der Waals surface area contributed by atoms with E-state index in [1.807, 2.05) is 20.8 Å². The summed E-state index contributed by atoms with van der Waals surface area (Å²) in [6, 6.07) is 1.53. The molecule has 100 valence electrons. The van der Waals surface area contributed by atoms with E-state index in [2.05, 4.69) is 10.3 Å². The molecule has 0 aliphatic rings. The minimum Gasteiger partial charge on any atom is -0.396 e. The van der Waals surface area contributed by atoms with Gasteiger partial charge in [0.1, 0.15) is 11.9 Å². The Morgan fingerprint density at radius 3 is 2.72 bits per heavy atom. The molecular weight excluding hydrogens is 234 g/mol. The molecule has 0 spiro atoms. The highest BCUT2D eigenvalue weighted by Gasteiger charge is 2.26. The van der Waals surface area contributed by atoms with Gasteiger partial charge in [0, 0.05) is 18.8 Å². The standard InChI is InChI=1S/C12H19N3O3/c1-12(2,3)11(5-7-16)14-9-4-6-13-8-10(9)15(17)18/h4,6,8,11,16H,5,7H2,1-3H3,(H,13,14). The van der Waals surface area contributed by atoms with Gasteiger partial charge in [-0.3, -0.25) is 15.1 Å². The summed E-state index contributed by atoms with van der Waals surface area (Å²) in [4.78, 5) is 14.2. The van der Waals surface area contributed by atoms with Crippen LogP contribution in [0.1, 0.15) is 27.2 Å². The fourth-order valence-corrected chi connectivity index (χ4v) is 1.69. The molecule has 0 aliphatic heterocycles. The van der Waals surface area contributed by atoms with Gasteiger partial charge in [0.25, 0.3) is 0 Å². The zero-order valence-corrected chi connectivity index (χ0v) is 10.9. The van der Waals surface area contributed by atoms with E-state index in [-0.39, 0.29) is 23.8 Å². The molecule has 0 amide bonds. The minimum absolute atomic E-state index is 0.0355. The lowest BCUT2D eigenvalue weighted by atomic mass is 9.85. The number of nitrogens with zero attached hydrogens (tertiary/aromatic N) is 2. The zero-order chi connectivity index (χ0) is 13.8. The highest BCUT2D eigenvalue weighted by Crippen LogP contribution is 2.29. The fourth-order valence-electron chi connectivity index (χ4n) is 1.69.